The van der Waals surface area contributed by atoms with Crippen LogP contribution >= 0.6 is 0 Å². The fourth-order valence-corrected chi connectivity index (χ4v) is 2.21. The molecule has 0 spiro atoms. The average molecular weight is 271 g/mol. The molecule has 106 valence electrons. The third-order valence-electron chi connectivity index (χ3n) is 3.23. The summed E-state index contributed by atoms with van der Waals surface area (Å²) in [6.07, 6.45) is 3.54. The highest BCUT2D eigenvalue weighted by atomic mass is 16.1. The highest BCUT2D eigenvalue weighted by molar-refractivity contribution is 6.05. The van der Waals surface area contributed by atoms with E-state index in [9.17, 15) is 4.79 Å². The van der Waals surface area contributed by atoms with E-state index in [1.54, 1.807) is 6.20 Å². The summed E-state index contributed by atoms with van der Waals surface area (Å²) in [5.74, 6) is -0.0767. The Morgan fingerprint density at radius 2 is 1.95 bits per heavy atom. The number of aromatic nitrogens is 1. The number of benzene rings is 1. The minimum atomic E-state index is -0.0767. The maximum atomic E-state index is 12.2. The van der Waals surface area contributed by atoms with Crippen molar-refractivity contribution < 1.29 is 4.79 Å². The number of H-pyrrole nitrogens is 1. The molecule has 2 rings (SSSR count). The van der Waals surface area contributed by atoms with E-state index in [-0.39, 0.29) is 5.91 Å². The summed E-state index contributed by atoms with van der Waals surface area (Å²) in [4.78, 5) is 17.2. The van der Waals surface area contributed by atoms with Gasteiger partial charge in [0.15, 0.2) is 0 Å². The van der Waals surface area contributed by atoms with Gasteiger partial charge in [-0.05, 0) is 50.7 Å². The fraction of sp³-hybridized carbons (Fsp3) is 0.312. The number of carbonyl (C=O) groups is 1. The van der Waals surface area contributed by atoms with Crippen molar-refractivity contribution in [3.05, 3.63) is 52.8 Å². The topological polar surface area (TPSA) is 48.1 Å². The lowest BCUT2D eigenvalue weighted by molar-refractivity contribution is 0.102. The fourth-order valence-electron chi connectivity index (χ4n) is 2.21. The van der Waals surface area contributed by atoms with Gasteiger partial charge >= 0.3 is 0 Å². The third-order valence-corrected chi connectivity index (χ3v) is 3.23. The largest absolute Gasteiger partial charge is 0.367 e. The molecule has 4 heteroatoms. The van der Waals surface area contributed by atoms with E-state index in [4.69, 9.17) is 0 Å². The molecule has 0 aliphatic rings. The van der Waals surface area contributed by atoms with Crippen LogP contribution in [-0.2, 0) is 6.54 Å². The molecule has 20 heavy (non-hydrogen) atoms. The quantitative estimate of drug-likeness (QED) is 0.898. The molecule has 1 aromatic carbocycles. The van der Waals surface area contributed by atoms with Gasteiger partial charge in [-0.2, -0.15) is 0 Å². The summed E-state index contributed by atoms with van der Waals surface area (Å²) < 4.78 is 0. The number of hydrogen-bond acceptors (Lipinski definition) is 2. The van der Waals surface area contributed by atoms with Crippen molar-refractivity contribution in [2.45, 2.75) is 20.4 Å². The number of hydrogen-bond donors (Lipinski definition) is 2. The molecule has 0 saturated carbocycles. The van der Waals surface area contributed by atoms with Crippen molar-refractivity contribution >= 4 is 11.6 Å². The van der Waals surface area contributed by atoms with E-state index < -0.39 is 0 Å². The Balaban J connectivity index is 2.14. The number of aryl methyl sites for hydroxylation is 2. The Morgan fingerprint density at radius 3 is 2.50 bits per heavy atom. The van der Waals surface area contributed by atoms with Gasteiger partial charge in [0.25, 0.3) is 5.91 Å². The SMILES string of the molecule is Cc1cc(CN(C)C)ccc1NC(=O)c1c[nH]cc1C. The van der Waals surface area contributed by atoms with Gasteiger partial charge in [0.2, 0.25) is 0 Å². The van der Waals surface area contributed by atoms with E-state index in [0.29, 0.717) is 5.56 Å². The van der Waals surface area contributed by atoms with Crippen LogP contribution in [0.1, 0.15) is 27.0 Å². The molecular formula is C16H21N3O. The minimum Gasteiger partial charge on any atom is -0.367 e. The van der Waals surface area contributed by atoms with Gasteiger partial charge in [-0.3, -0.25) is 4.79 Å². The van der Waals surface area contributed by atoms with Crippen LogP contribution < -0.4 is 5.32 Å². The second-order valence-electron chi connectivity index (χ2n) is 5.39. The second kappa shape index (κ2) is 5.92. The van der Waals surface area contributed by atoms with E-state index in [1.807, 2.05) is 46.3 Å². The molecule has 1 aromatic heterocycles. The second-order valence-corrected chi connectivity index (χ2v) is 5.39. The van der Waals surface area contributed by atoms with Crippen molar-refractivity contribution in [1.29, 1.82) is 0 Å². The monoisotopic (exact) mass is 271 g/mol. The summed E-state index contributed by atoms with van der Waals surface area (Å²) in [6, 6.07) is 6.13. The summed E-state index contributed by atoms with van der Waals surface area (Å²) in [5, 5.41) is 2.96. The lowest BCUT2D eigenvalue weighted by atomic mass is 10.1. The van der Waals surface area contributed by atoms with E-state index >= 15 is 0 Å². The Bertz CT molecular complexity index is 614. The Hall–Kier alpha value is -2.07. The number of rotatable bonds is 4. The molecular weight excluding hydrogens is 250 g/mol. The van der Waals surface area contributed by atoms with Crippen LogP contribution in [0, 0.1) is 13.8 Å². The van der Waals surface area contributed by atoms with Crippen molar-refractivity contribution in [1.82, 2.24) is 9.88 Å². The number of amides is 1. The molecule has 1 amide bonds. The number of nitrogens with one attached hydrogen (secondary N) is 2. The third kappa shape index (κ3) is 3.27. The zero-order valence-electron chi connectivity index (χ0n) is 12.4. The van der Waals surface area contributed by atoms with Gasteiger partial charge in [0.1, 0.15) is 0 Å². The van der Waals surface area contributed by atoms with Gasteiger partial charge in [-0.25, -0.2) is 0 Å². The maximum Gasteiger partial charge on any atom is 0.257 e. The summed E-state index contributed by atoms with van der Waals surface area (Å²) >= 11 is 0. The maximum absolute atomic E-state index is 12.2. The first-order valence-electron chi connectivity index (χ1n) is 6.66. The number of anilines is 1. The zero-order chi connectivity index (χ0) is 14.7. The Morgan fingerprint density at radius 1 is 1.20 bits per heavy atom. The van der Waals surface area contributed by atoms with Crippen molar-refractivity contribution in [3.8, 4) is 0 Å². The van der Waals surface area contributed by atoms with Crippen molar-refractivity contribution in [2.24, 2.45) is 0 Å². The number of carbonyl (C=O) groups excluding carboxylic acids is 1. The van der Waals surface area contributed by atoms with E-state index in [2.05, 4.69) is 21.3 Å². The van der Waals surface area contributed by atoms with Crippen LogP contribution in [0.25, 0.3) is 0 Å². The normalized spacial score (nSPS) is 10.8. The van der Waals surface area contributed by atoms with E-state index in [0.717, 1.165) is 23.4 Å². The molecule has 0 unspecified atom stereocenters. The minimum absolute atomic E-state index is 0.0767. The first kappa shape index (κ1) is 14.3. The Kier molecular flexibility index (Phi) is 4.25. The molecule has 0 radical (unpaired) electrons. The summed E-state index contributed by atoms with van der Waals surface area (Å²) in [5.41, 5.74) is 4.80. The van der Waals surface area contributed by atoms with Crippen LogP contribution in [0.2, 0.25) is 0 Å². The average Bonchev–Trinajstić information content (AvgIpc) is 2.78. The lowest BCUT2D eigenvalue weighted by Crippen LogP contribution is -2.14. The van der Waals surface area contributed by atoms with Gasteiger partial charge in [0, 0.05) is 24.6 Å². The van der Waals surface area contributed by atoms with Crippen LogP contribution in [0.5, 0.6) is 0 Å². The molecule has 4 nitrogen and oxygen atoms in total. The lowest BCUT2D eigenvalue weighted by Gasteiger charge is -2.13. The van der Waals surface area contributed by atoms with Crippen molar-refractivity contribution in [2.75, 3.05) is 19.4 Å². The van der Waals surface area contributed by atoms with Crippen LogP contribution in [-0.4, -0.2) is 29.9 Å². The van der Waals surface area contributed by atoms with Gasteiger partial charge in [-0.1, -0.05) is 12.1 Å². The molecule has 0 aliphatic heterocycles. The van der Waals surface area contributed by atoms with Gasteiger partial charge in [0.05, 0.1) is 5.56 Å². The van der Waals surface area contributed by atoms with E-state index in [1.165, 1.54) is 5.56 Å². The summed E-state index contributed by atoms with van der Waals surface area (Å²) in [7, 11) is 4.08. The first-order valence-corrected chi connectivity index (χ1v) is 6.66. The van der Waals surface area contributed by atoms with Gasteiger partial charge in [-0.15, -0.1) is 0 Å². The standard InChI is InChI=1S/C16H21N3O/c1-11-7-13(10-19(3)4)5-6-15(11)18-16(20)14-9-17-8-12(14)2/h5-9,17H,10H2,1-4H3,(H,18,20). The number of nitrogens with zero attached hydrogens (tertiary/aromatic N) is 1. The molecule has 0 aliphatic carbocycles. The van der Waals surface area contributed by atoms with Crippen LogP contribution in [0.4, 0.5) is 5.69 Å². The smallest absolute Gasteiger partial charge is 0.257 e. The summed E-state index contributed by atoms with van der Waals surface area (Å²) in [6.45, 7) is 4.82. The molecule has 1 heterocycles. The highest BCUT2D eigenvalue weighted by Crippen LogP contribution is 2.19. The molecule has 0 fully saturated rings. The molecule has 0 atom stereocenters. The van der Waals surface area contributed by atoms with Crippen LogP contribution in [0.15, 0.2) is 30.6 Å². The predicted octanol–water partition coefficient (Wildman–Crippen LogP) is 2.95. The molecule has 0 bridgehead atoms. The first-order chi connectivity index (χ1) is 9.47. The molecule has 2 aromatic rings. The highest BCUT2D eigenvalue weighted by Gasteiger charge is 2.11. The van der Waals surface area contributed by atoms with Gasteiger partial charge < -0.3 is 15.2 Å². The number of aromatic amines is 1. The predicted molar refractivity (Wildman–Crippen MR) is 82.1 cm³/mol. The van der Waals surface area contributed by atoms with Crippen molar-refractivity contribution in [3.63, 3.8) is 0 Å². The van der Waals surface area contributed by atoms with Crippen LogP contribution in [0.3, 0.4) is 0 Å². The Labute approximate surface area is 119 Å². The molecule has 2 N–H and O–H groups in total. The molecule has 0 saturated heterocycles. The zero-order valence-corrected chi connectivity index (χ0v) is 12.4.